The molecule has 0 saturated carbocycles. The molecule has 2 saturated heterocycles. The van der Waals surface area contributed by atoms with Crippen molar-refractivity contribution in [3.8, 4) is 5.75 Å². The summed E-state index contributed by atoms with van der Waals surface area (Å²) in [4.78, 5) is 15.0. The second kappa shape index (κ2) is 10.1. The fourth-order valence-corrected chi connectivity index (χ4v) is 4.18. The smallest absolute Gasteiger partial charge is 0.222 e. The summed E-state index contributed by atoms with van der Waals surface area (Å²) in [5.74, 6) is 1.76. The van der Waals surface area contributed by atoms with Gasteiger partial charge in [0, 0.05) is 18.7 Å². The van der Waals surface area contributed by atoms with Gasteiger partial charge in [-0.2, -0.15) is 0 Å². The number of nitrogens with zero attached hydrogens (tertiary/aromatic N) is 1. The van der Waals surface area contributed by atoms with Crippen LogP contribution in [0.5, 0.6) is 5.75 Å². The van der Waals surface area contributed by atoms with Crippen molar-refractivity contribution < 1.29 is 14.3 Å². The van der Waals surface area contributed by atoms with E-state index in [0.717, 1.165) is 56.2 Å². The molecular formula is C22H34N2O3. The van der Waals surface area contributed by atoms with Crippen molar-refractivity contribution in [3.05, 3.63) is 29.8 Å². The maximum Gasteiger partial charge on any atom is 0.222 e. The molecule has 2 aliphatic rings. The first-order valence-corrected chi connectivity index (χ1v) is 10.4. The molecule has 150 valence electrons. The standard InChI is InChI=1S/C22H34N2O3/c1-17-10-12-24(13-11-17)20(19-8-3-4-9-21(19)26-2)16-23-22(25)15-18-7-5-6-14-27-18/h3-4,8-9,17-18,20H,5-7,10-16H2,1-2H3,(H,23,25). The molecule has 2 aliphatic heterocycles. The molecule has 27 heavy (non-hydrogen) atoms. The molecule has 3 rings (SSSR count). The van der Waals surface area contributed by atoms with Crippen molar-refractivity contribution in [2.24, 2.45) is 5.92 Å². The Morgan fingerprint density at radius 2 is 2.04 bits per heavy atom. The average Bonchev–Trinajstić information content (AvgIpc) is 2.70. The van der Waals surface area contributed by atoms with E-state index in [0.29, 0.717) is 13.0 Å². The molecule has 0 radical (unpaired) electrons. The Bertz CT molecular complexity index is 593. The van der Waals surface area contributed by atoms with Gasteiger partial charge in [0.25, 0.3) is 0 Å². The first-order valence-electron chi connectivity index (χ1n) is 10.4. The number of rotatable bonds is 7. The third kappa shape index (κ3) is 5.69. The van der Waals surface area contributed by atoms with E-state index < -0.39 is 0 Å². The van der Waals surface area contributed by atoms with Gasteiger partial charge >= 0.3 is 0 Å². The molecule has 5 heteroatoms. The van der Waals surface area contributed by atoms with E-state index in [4.69, 9.17) is 9.47 Å². The fourth-order valence-electron chi connectivity index (χ4n) is 4.18. The second-order valence-electron chi connectivity index (χ2n) is 7.97. The molecule has 2 fully saturated rings. The summed E-state index contributed by atoms with van der Waals surface area (Å²) >= 11 is 0. The maximum atomic E-state index is 12.5. The highest BCUT2D eigenvalue weighted by Crippen LogP contribution is 2.32. The molecule has 1 N–H and O–H groups in total. The van der Waals surface area contributed by atoms with Gasteiger partial charge < -0.3 is 14.8 Å². The minimum Gasteiger partial charge on any atom is -0.496 e. The molecule has 0 aliphatic carbocycles. The van der Waals surface area contributed by atoms with Crippen LogP contribution in [0, 0.1) is 5.92 Å². The Hall–Kier alpha value is -1.59. The number of ether oxygens (including phenoxy) is 2. The topological polar surface area (TPSA) is 50.8 Å². The monoisotopic (exact) mass is 374 g/mol. The zero-order valence-electron chi connectivity index (χ0n) is 16.8. The molecule has 2 heterocycles. The van der Waals surface area contributed by atoms with Crippen molar-refractivity contribution >= 4 is 5.91 Å². The lowest BCUT2D eigenvalue weighted by Crippen LogP contribution is -2.42. The Morgan fingerprint density at radius 3 is 2.74 bits per heavy atom. The Balaban J connectivity index is 1.65. The van der Waals surface area contributed by atoms with Crippen LogP contribution in [-0.4, -0.2) is 50.3 Å². The lowest BCUT2D eigenvalue weighted by molar-refractivity contribution is -0.125. The maximum absolute atomic E-state index is 12.5. The van der Waals surface area contributed by atoms with Crippen molar-refractivity contribution in [1.29, 1.82) is 0 Å². The molecule has 1 aromatic carbocycles. The summed E-state index contributed by atoms with van der Waals surface area (Å²) in [5, 5.41) is 3.17. The van der Waals surface area contributed by atoms with Crippen molar-refractivity contribution in [2.75, 3.05) is 33.4 Å². The molecule has 0 aromatic heterocycles. The molecule has 0 bridgehead atoms. The van der Waals surface area contributed by atoms with Crippen LogP contribution in [0.4, 0.5) is 0 Å². The summed E-state index contributed by atoms with van der Waals surface area (Å²) in [7, 11) is 1.72. The quantitative estimate of drug-likeness (QED) is 0.793. The number of carbonyl (C=O) groups is 1. The Labute approximate surface area is 163 Å². The third-order valence-corrected chi connectivity index (χ3v) is 5.94. The van der Waals surface area contributed by atoms with Gasteiger partial charge in [-0.25, -0.2) is 0 Å². The average molecular weight is 375 g/mol. The van der Waals surface area contributed by atoms with Gasteiger partial charge in [0.15, 0.2) is 0 Å². The predicted octanol–water partition coefficient (Wildman–Crippen LogP) is 3.54. The van der Waals surface area contributed by atoms with E-state index in [-0.39, 0.29) is 18.1 Å². The highest BCUT2D eigenvalue weighted by Gasteiger charge is 2.27. The van der Waals surface area contributed by atoms with Gasteiger partial charge in [-0.1, -0.05) is 25.1 Å². The number of methoxy groups -OCH3 is 1. The van der Waals surface area contributed by atoms with Crippen LogP contribution in [0.25, 0.3) is 0 Å². The molecular weight excluding hydrogens is 340 g/mol. The van der Waals surface area contributed by atoms with Gasteiger partial charge in [-0.15, -0.1) is 0 Å². The molecule has 5 nitrogen and oxygen atoms in total. The SMILES string of the molecule is COc1ccccc1C(CNC(=O)CC1CCCCO1)N1CCC(C)CC1. The van der Waals surface area contributed by atoms with E-state index in [1.165, 1.54) is 12.8 Å². The first kappa shape index (κ1) is 20.2. The zero-order valence-corrected chi connectivity index (χ0v) is 16.8. The number of carbonyl (C=O) groups excluding carboxylic acids is 1. The highest BCUT2D eigenvalue weighted by molar-refractivity contribution is 5.76. The number of piperidine rings is 1. The summed E-state index contributed by atoms with van der Waals surface area (Å²) in [6.45, 7) is 5.84. The van der Waals surface area contributed by atoms with E-state index in [1.54, 1.807) is 7.11 Å². The lowest BCUT2D eigenvalue weighted by Gasteiger charge is -2.37. The van der Waals surface area contributed by atoms with Crippen LogP contribution in [0.3, 0.4) is 0 Å². The number of benzene rings is 1. The van der Waals surface area contributed by atoms with Gasteiger partial charge in [0.1, 0.15) is 5.75 Å². The molecule has 1 amide bonds. The largest absolute Gasteiger partial charge is 0.496 e. The first-order chi connectivity index (χ1) is 13.2. The zero-order chi connectivity index (χ0) is 19.1. The number of nitrogens with one attached hydrogen (secondary N) is 1. The third-order valence-electron chi connectivity index (χ3n) is 5.94. The van der Waals surface area contributed by atoms with Crippen molar-refractivity contribution in [1.82, 2.24) is 10.2 Å². The summed E-state index contributed by atoms with van der Waals surface area (Å²) in [5.41, 5.74) is 1.16. The van der Waals surface area contributed by atoms with E-state index in [1.807, 2.05) is 12.1 Å². The lowest BCUT2D eigenvalue weighted by atomic mass is 9.95. The Kier molecular flexibility index (Phi) is 7.53. The van der Waals surface area contributed by atoms with Crippen LogP contribution in [0.1, 0.15) is 57.1 Å². The number of hydrogen-bond donors (Lipinski definition) is 1. The van der Waals surface area contributed by atoms with E-state index in [2.05, 4.69) is 29.3 Å². The van der Waals surface area contributed by atoms with Crippen molar-refractivity contribution in [2.45, 2.75) is 57.6 Å². The molecule has 2 atom stereocenters. The van der Waals surface area contributed by atoms with Crippen LogP contribution in [-0.2, 0) is 9.53 Å². The number of amides is 1. The number of hydrogen-bond acceptors (Lipinski definition) is 4. The van der Waals surface area contributed by atoms with Gasteiger partial charge in [0.2, 0.25) is 5.91 Å². The van der Waals surface area contributed by atoms with E-state index >= 15 is 0 Å². The normalized spacial score (nSPS) is 23.0. The van der Waals surface area contributed by atoms with Gasteiger partial charge in [0.05, 0.1) is 25.7 Å². The van der Waals surface area contributed by atoms with E-state index in [9.17, 15) is 4.79 Å². The molecule has 2 unspecified atom stereocenters. The van der Waals surface area contributed by atoms with Crippen LogP contribution in [0.15, 0.2) is 24.3 Å². The Morgan fingerprint density at radius 1 is 1.26 bits per heavy atom. The minimum absolute atomic E-state index is 0.0827. The fraction of sp³-hybridized carbons (Fsp3) is 0.682. The highest BCUT2D eigenvalue weighted by atomic mass is 16.5. The summed E-state index contributed by atoms with van der Waals surface area (Å²) in [6, 6.07) is 8.32. The molecule has 0 spiro atoms. The van der Waals surface area contributed by atoms with Gasteiger partial charge in [-0.3, -0.25) is 9.69 Å². The molecule has 1 aromatic rings. The predicted molar refractivity (Wildman–Crippen MR) is 107 cm³/mol. The second-order valence-corrected chi connectivity index (χ2v) is 7.97. The van der Waals surface area contributed by atoms with Crippen LogP contribution >= 0.6 is 0 Å². The van der Waals surface area contributed by atoms with Crippen molar-refractivity contribution in [3.63, 3.8) is 0 Å². The van der Waals surface area contributed by atoms with Crippen LogP contribution < -0.4 is 10.1 Å². The summed E-state index contributed by atoms with van der Waals surface area (Å²) in [6.07, 6.45) is 6.22. The number of likely N-dealkylation sites (tertiary alicyclic amines) is 1. The van der Waals surface area contributed by atoms with Gasteiger partial charge in [-0.05, 0) is 57.2 Å². The van der Waals surface area contributed by atoms with Crippen LogP contribution in [0.2, 0.25) is 0 Å². The number of para-hydroxylation sites is 1. The summed E-state index contributed by atoms with van der Waals surface area (Å²) < 4.78 is 11.3. The minimum atomic E-state index is 0.0827.